The molecule has 0 aliphatic rings. The number of nitrogens with zero attached hydrogens (tertiary/aromatic N) is 5. The molecule has 0 radical (unpaired) electrons. The Balaban J connectivity index is 1.78. The molecule has 0 aliphatic carbocycles. The van der Waals surface area contributed by atoms with Crippen molar-refractivity contribution in [1.29, 1.82) is 0 Å². The molecule has 23 heavy (non-hydrogen) atoms. The fraction of sp³-hybridized carbons (Fsp3) is 0.286. The SMILES string of the molecule is COc1ccc(-c2noc(CSc3nncn3C)n2)c(OC)c1. The van der Waals surface area contributed by atoms with Crippen LogP contribution in [0.15, 0.2) is 34.2 Å². The van der Waals surface area contributed by atoms with E-state index in [2.05, 4.69) is 20.3 Å². The van der Waals surface area contributed by atoms with Gasteiger partial charge >= 0.3 is 0 Å². The van der Waals surface area contributed by atoms with Gasteiger partial charge in [-0.15, -0.1) is 10.2 Å². The summed E-state index contributed by atoms with van der Waals surface area (Å²) in [6.07, 6.45) is 1.64. The summed E-state index contributed by atoms with van der Waals surface area (Å²) in [5.74, 6) is 2.81. The van der Waals surface area contributed by atoms with Gasteiger partial charge in [0.25, 0.3) is 0 Å². The highest BCUT2D eigenvalue weighted by Gasteiger charge is 2.15. The summed E-state index contributed by atoms with van der Waals surface area (Å²) in [4.78, 5) is 4.40. The summed E-state index contributed by atoms with van der Waals surface area (Å²) in [7, 11) is 5.07. The Labute approximate surface area is 136 Å². The first-order valence-corrected chi connectivity index (χ1v) is 7.71. The molecule has 0 atom stereocenters. The molecule has 1 aromatic carbocycles. The van der Waals surface area contributed by atoms with E-state index in [0.717, 1.165) is 10.7 Å². The van der Waals surface area contributed by atoms with E-state index in [1.165, 1.54) is 11.8 Å². The second kappa shape index (κ2) is 6.69. The molecule has 2 heterocycles. The Bertz CT molecular complexity index is 801. The highest BCUT2D eigenvalue weighted by atomic mass is 32.2. The number of methoxy groups -OCH3 is 2. The standard InChI is InChI=1S/C14H15N5O3S/c1-19-8-15-17-14(19)23-7-12-16-13(18-22-12)10-5-4-9(20-2)6-11(10)21-3/h4-6,8H,7H2,1-3H3. The number of thioether (sulfide) groups is 1. The maximum absolute atomic E-state index is 5.36. The molecule has 120 valence electrons. The topological polar surface area (TPSA) is 88.1 Å². The number of ether oxygens (including phenoxy) is 2. The van der Waals surface area contributed by atoms with E-state index >= 15 is 0 Å². The first kappa shape index (κ1) is 15.3. The molecule has 0 N–H and O–H groups in total. The van der Waals surface area contributed by atoms with Crippen LogP contribution in [0.1, 0.15) is 5.89 Å². The maximum atomic E-state index is 5.36. The van der Waals surface area contributed by atoms with Crippen LogP contribution in [-0.2, 0) is 12.8 Å². The predicted octanol–water partition coefficient (Wildman–Crippen LogP) is 2.17. The zero-order chi connectivity index (χ0) is 16.2. The number of rotatable bonds is 6. The summed E-state index contributed by atoms with van der Waals surface area (Å²) in [5.41, 5.74) is 0.743. The van der Waals surface area contributed by atoms with Gasteiger partial charge in [0.2, 0.25) is 11.7 Å². The molecule has 3 aromatic rings. The van der Waals surface area contributed by atoms with Crippen LogP contribution in [0.5, 0.6) is 11.5 Å². The van der Waals surface area contributed by atoms with Crippen molar-refractivity contribution < 1.29 is 14.0 Å². The number of aromatic nitrogens is 5. The largest absolute Gasteiger partial charge is 0.497 e. The molecule has 2 aromatic heterocycles. The summed E-state index contributed by atoms with van der Waals surface area (Å²) < 4.78 is 17.7. The van der Waals surface area contributed by atoms with Gasteiger partial charge in [0.1, 0.15) is 17.8 Å². The fourth-order valence-electron chi connectivity index (χ4n) is 1.94. The Kier molecular flexibility index (Phi) is 4.47. The lowest BCUT2D eigenvalue weighted by atomic mass is 10.2. The third kappa shape index (κ3) is 3.29. The van der Waals surface area contributed by atoms with Crippen molar-refractivity contribution in [3.05, 3.63) is 30.4 Å². The van der Waals surface area contributed by atoms with Crippen LogP contribution in [-0.4, -0.2) is 39.1 Å². The second-order valence-electron chi connectivity index (χ2n) is 4.59. The minimum absolute atomic E-state index is 0.470. The molecule has 9 heteroatoms. The third-order valence-electron chi connectivity index (χ3n) is 3.11. The van der Waals surface area contributed by atoms with E-state index in [4.69, 9.17) is 14.0 Å². The molecule has 3 rings (SSSR count). The fourth-order valence-corrected chi connectivity index (χ4v) is 2.66. The van der Waals surface area contributed by atoms with Gasteiger partial charge in [-0.3, -0.25) is 0 Å². The smallest absolute Gasteiger partial charge is 0.237 e. The van der Waals surface area contributed by atoms with Crippen molar-refractivity contribution in [3.63, 3.8) is 0 Å². The zero-order valence-electron chi connectivity index (χ0n) is 12.9. The highest BCUT2D eigenvalue weighted by molar-refractivity contribution is 7.98. The van der Waals surface area contributed by atoms with Gasteiger partial charge in [-0.05, 0) is 12.1 Å². The van der Waals surface area contributed by atoms with E-state index in [1.54, 1.807) is 26.6 Å². The van der Waals surface area contributed by atoms with E-state index in [9.17, 15) is 0 Å². The van der Waals surface area contributed by atoms with Crippen LogP contribution in [0.4, 0.5) is 0 Å². The summed E-state index contributed by atoms with van der Waals surface area (Å²) in [6, 6.07) is 5.43. The van der Waals surface area contributed by atoms with Gasteiger partial charge in [0.15, 0.2) is 5.16 Å². The molecular weight excluding hydrogens is 318 g/mol. The highest BCUT2D eigenvalue weighted by Crippen LogP contribution is 2.32. The monoisotopic (exact) mass is 333 g/mol. The minimum atomic E-state index is 0.470. The van der Waals surface area contributed by atoms with Crippen molar-refractivity contribution in [3.8, 4) is 22.9 Å². The van der Waals surface area contributed by atoms with Crippen LogP contribution in [0.25, 0.3) is 11.4 Å². The number of benzene rings is 1. The van der Waals surface area contributed by atoms with Gasteiger partial charge in [-0.1, -0.05) is 16.9 Å². The molecule has 0 unspecified atom stereocenters. The zero-order valence-corrected chi connectivity index (χ0v) is 13.7. The van der Waals surface area contributed by atoms with Gasteiger partial charge in [0.05, 0.1) is 25.5 Å². The average molecular weight is 333 g/mol. The summed E-state index contributed by atoms with van der Waals surface area (Å²) >= 11 is 1.47. The van der Waals surface area contributed by atoms with Gasteiger partial charge < -0.3 is 18.6 Å². The first-order chi connectivity index (χ1) is 11.2. The Morgan fingerprint density at radius 3 is 2.83 bits per heavy atom. The first-order valence-electron chi connectivity index (χ1n) is 6.73. The average Bonchev–Trinajstić information content (AvgIpc) is 3.21. The Hall–Kier alpha value is -2.55. The predicted molar refractivity (Wildman–Crippen MR) is 83.4 cm³/mol. The van der Waals surface area contributed by atoms with Crippen LogP contribution < -0.4 is 9.47 Å². The third-order valence-corrected chi connectivity index (χ3v) is 4.13. The van der Waals surface area contributed by atoms with E-state index in [1.807, 2.05) is 23.7 Å². The lowest BCUT2D eigenvalue weighted by Crippen LogP contribution is -1.92. The molecule has 8 nitrogen and oxygen atoms in total. The molecule has 0 saturated carbocycles. The summed E-state index contributed by atoms with van der Waals surface area (Å²) in [5, 5.41) is 12.6. The second-order valence-corrected chi connectivity index (χ2v) is 5.53. The van der Waals surface area contributed by atoms with E-state index < -0.39 is 0 Å². The van der Waals surface area contributed by atoms with Gasteiger partial charge in [-0.2, -0.15) is 4.98 Å². The molecule has 0 saturated heterocycles. The van der Waals surface area contributed by atoms with Crippen molar-refractivity contribution >= 4 is 11.8 Å². The minimum Gasteiger partial charge on any atom is -0.497 e. The van der Waals surface area contributed by atoms with Gasteiger partial charge in [0, 0.05) is 13.1 Å². The summed E-state index contributed by atoms with van der Waals surface area (Å²) in [6.45, 7) is 0. The lowest BCUT2D eigenvalue weighted by Gasteiger charge is -2.07. The number of hydrogen-bond acceptors (Lipinski definition) is 8. The van der Waals surface area contributed by atoms with Crippen LogP contribution in [0.2, 0.25) is 0 Å². The number of hydrogen-bond donors (Lipinski definition) is 0. The van der Waals surface area contributed by atoms with E-state index in [0.29, 0.717) is 29.0 Å². The Morgan fingerprint density at radius 2 is 2.13 bits per heavy atom. The normalized spacial score (nSPS) is 10.7. The van der Waals surface area contributed by atoms with Crippen LogP contribution in [0.3, 0.4) is 0 Å². The van der Waals surface area contributed by atoms with Gasteiger partial charge in [-0.25, -0.2) is 0 Å². The number of aryl methyl sites for hydroxylation is 1. The Morgan fingerprint density at radius 1 is 1.26 bits per heavy atom. The van der Waals surface area contributed by atoms with E-state index in [-0.39, 0.29) is 0 Å². The molecule has 0 fully saturated rings. The van der Waals surface area contributed by atoms with Crippen LogP contribution in [0, 0.1) is 0 Å². The molecule has 0 spiro atoms. The molecule has 0 aliphatic heterocycles. The maximum Gasteiger partial charge on any atom is 0.237 e. The molecular formula is C14H15N5O3S. The molecule has 0 bridgehead atoms. The quantitative estimate of drug-likeness (QED) is 0.634. The van der Waals surface area contributed by atoms with Crippen molar-refractivity contribution in [2.75, 3.05) is 14.2 Å². The van der Waals surface area contributed by atoms with Crippen molar-refractivity contribution in [1.82, 2.24) is 24.9 Å². The lowest BCUT2D eigenvalue weighted by molar-refractivity contribution is 0.388. The van der Waals surface area contributed by atoms with Crippen molar-refractivity contribution in [2.45, 2.75) is 10.9 Å². The van der Waals surface area contributed by atoms with Crippen molar-refractivity contribution in [2.24, 2.45) is 7.05 Å². The molecule has 0 amide bonds. The van der Waals surface area contributed by atoms with Crippen LogP contribution >= 0.6 is 11.8 Å².